The zero-order valence-corrected chi connectivity index (χ0v) is 34.8. The first-order valence-corrected chi connectivity index (χ1v) is 21.9. The van der Waals surface area contributed by atoms with Gasteiger partial charge in [-0.25, -0.2) is 0 Å². The van der Waals surface area contributed by atoms with E-state index in [0.717, 1.165) is 56.2 Å². The first kappa shape index (κ1) is 36.3. The zero-order valence-electron chi connectivity index (χ0n) is 34.8. The average molecular weight is 818 g/mol. The summed E-state index contributed by atoms with van der Waals surface area (Å²) in [7, 11) is 0. The van der Waals surface area contributed by atoms with E-state index in [1.54, 1.807) is 0 Å². The molecule has 0 amide bonds. The van der Waals surface area contributed by atoms with Gasteiger partial charge in [-0.05, 0) is 109 Å². The molecule has 64 heavy (non-hydrogen) atoms. The minimum absolute atomic E-state index is 0.483. The predicted molar refractivity (Wildman–Crippen MR) is 260 cm³/mol. The monoisotopic (exact) mass is 817 g/mol. The minimum atomic E-state index is -0.483. The Hall–Kier alpha value is -8.40. The van der Waals surface area contributed by atoms with Gasteiger partial charge in [0.1, 0.15) is 0 Å². The number of hydrogen-bond donors (Lipinski definition) is 0. The highest BCUT2D eigenvalue weighted by atomic mass is 16.6. The van der Waals surface area contributed by atoms with E-state index in [1.807, 2.05) is 6.07 Å². The lowest BCUT2D eigenvalue weighted by Crippen LogP contribution is -2.25. The second-order valence-corrected chi connectivity index (χ2v) is 16.7. The topological polar surface area (TPSA) is 21.7 Å². The quantitative estimate of drug-likeness (QED) is 0.167. The summed E-state index contributed by atoms with van der Waals surface area (Å²) in [6.07, 6.45) is 0. The van der Waals surface area contributed by atoms with Crippen LogP contribution >= 0.6 is 0 Å². The first-order valence-electron chi connectivity index (χ1n) is 21.9. The van der Waals surface area contributed by atoms with E-state index in [4.69, 9.17) is 9.47 Å². The molecule has 0 bridgehead atoms. The lowest BCUT2D eigenvalue weighted by atomic mass is 9.70. The third-order valence-electron chi connectivity index (χ3n) is 13.3. The summed E-state index contributed by atoms with van der Waals surface area (Å²) in [5, 5.41) is 0. The molecule has 2 aliphatic carbocycles. The van der Waals surface area contributed by atoms with Crippen molar-refractivity contribution in [3.05, 3.63) is 259 Å². The summed E-state index contributed by atoms with van der Waals surface area (Å²) in [6.45, 7) is 0. The molecular formula is C61H39NO2. The Labute approximate surface area is 372 Å². The van der Waals surface area contributed by atoms with Crippen LogP contribution in [0.2, 0.25) is 0 Å². The number of rotatable bonds is 6. The number of fused-ring (bicyclic) bond motifs is 13. The van der Waals surface area contributed by atoms with E-state index in [2.05, 4.69) is 235 Å². The molecule has 1 heterocycles. The molecule has 0 saturated heterocycles. The van der Waals surface area contributed by atoms with Crippen LogP contribution < -0.4 is 14.4 Å². The van der Waals surface area contributed by atoms with Gasteiger partial charge in [0.2, 0.25) is 0 Å². The molecule has 3 aliphatic rings. The average Bonchev–Trinajstić information content (AvgIpc) is 3.85. The number of nitrogens with zero attached hydrogens (tertiary/aromatic N) is 1. The van der Waals surface area contributed by atoms with Crippen LogP contribution in [0.4, 0.5) is 17.1 Å². The zero-order chi connectivity index (χ0) is 42.2. The van der Waals surface area contributed by atoms with Gasteiger partial charge < -0.3 is 14.4 Å². The molecule has 300 valence electrons. The molecule has 0 unspecified atom stereocenters. The smallest absolute Gasteiger partial charge is 0.194 e. The maximum absolute atomic E-state index is 7.23. The molecule has 13 rings (SSSR count). The Morgan fingerprint density at radius 1 is 0.297 bits per heavy atom. The summed E-state index contributed by atoms with van der Waals surface area (Å²) in [4.78, 5) is 2.32. The van der Waals surface area contributed by atoms with Crippen molar-refractivity contribution in [1.29, 1.82) is 0 Å². The second kappa shape index (κ2) is 14.3. The third-order valence-corrected chi connectivity index (χ3v) is 13.3. The molecule has 10 aromatic rings. The van der Waals surface area contributed by atoms with Gasteiger partial charge in [-0.15, -0.1) is 0 Å². The Morgan fingerprint density at radius 3 is 1.50 bits per heavy atom. The van der Waals surface area contributed by atoms with Crippen LogP contribution in [0.1, 0.15) is 22.3 Å². The highest BCUT2D eigenvalue weighted by Crippen LogP contribution is 2.67. The van der Waals surface area contributed by atoms with Gasteiger partial charge in [0.05, 0.1) is 16.8 Å². The summed E-state index contributed by atoms with van der Waals surface area (Å²) in [5.41, 5.74) is 19.1. The van der Waals surface area contributed by atoms with Gasteiger partial charge in [-0.1, -0.05) is 194 Å². The third kappa shape index (κ3) is 5.34. The molecule has 0 fully saturated rings. The highest BCUT2D eigenvalue weighted by Gasteiger charge is 2.53. The molecule has 1 aliphatic heterocycles. The van der Waals surface area contributed by atoms with Crippen LogP contribution in [-0.4, -0.2) is 0 Å². The molecule has 0 atom stereocenters. The summed E-state index contributed by atoms with van der Waals surface area (Å²) in [6, 6.07) is 84.6. The van der Waals surface area contributed by atoms with Gasteiger partial charge in [0.15, 0.2) is 23.0 Å². The van der Waals surface area contributed by atoms with Crippen molar-refractivity contribution in [2.45, 2.75) is 5.41 Å². The fourth-order valence-electron chi connectivity index (χ4n) is 10.7. The van der Waals surface area contributed by atoms with E-state index in [0.29, 0.717) is 17.2 Å². The molecular weight excluding hydrogens is 779 g/mol. The van der Waals surface area contributed by atoms with Crippen molar-refractivity contribution in [3.8, 4) is 78.6 Å². The fraction of sp³-hybridized carbons (Fsp3) is 0.0164. The van der Waals surface area contributed by atoms with Crippen molar-refractivity contribution in [1.82, 2.24) is 0 Å². The van der Waals surface area contributed by atoms with Crippen molar-refractivity contribution >= 4 is 17.1 Å². The molecule has 3 nitrogen and oxygen atoms in total. The van der Waals surface area contributed by atoms with E-state index in [1.165, 1.54) is 44.5 Å². The maximum Gasteiger partial charge on any atom is 0.194 e. The predicted octanol–water partition coefficient (Wildman–Crippen LogP) is 16.4. The van der Waals surface area contributed by atoms with E-state index < -0.39 is 5.41 Å². The molecule has 10 aromatic carbocycles. The number of ether oxygens (including phenoxy) is 2. The Morgan fingerprint density at radius 2 is 0.781 bits per heavy atom. The summed E-state index contributed by atoms with van der Waals surface area (Å²) < 4.78 is 14.5. The van der Waals surface area contributed by atoms with Crippen LogP contribution in [0.5, 0.6) is 23.0 Å². The molecule has 0 saturated carbocycles. The van der Waals surface area contributed by atoms with Crippen LogP contribution in [-0.2, 0) is 5.41 Å². The molecule has 0 N–H and O–H groups in total. The van der Waals surface area contributed by atoms with Gasteiger partial charge in [-0.3, -0.25) is 0 Å². The summed E-state index contributed by atoms with van der Waals surface area (Å²) >= 11 is 0. The molecule has 3 heteroatoms. The molecule has 0 aromatic heterocycles. The lowest BCUT2D eigenvalue weighted by molar-refractivity contribution is 0.361. The van der Waals surface area contributed by atoms with Crippen LogP contribution in [0, 0.1) is 0 Å². The Kier molecular flexibility index (Phi) is 8.13. The fourth-order valence-corrected chi connectivity index (χ4v) is 10.7. The number of hydrogen-bond acceptors (Lipinski definition) is 3. The maximum atomic E-state index is 7.23. The summed E-state index contributed by atoms with van der Waals surface area (Å²) in [5.74, 6) is 2.75. The number of anilines is 3. The highest BCUT2D eigenvalue weighted by molar-refractivity contribution is 5.98. The van der Waals surface area contributed by atoms with Gasteiger partial charge in [0, 0.05) is 16.8 Å². The standard InChI is InChI=1S/C61H39NO2/c1-3-18-40(19-4-1)42-22-15-23-43(38-42)44-24-16-25-45(39-44)62(54-33-14-10-26-46(54)41-20-5-2-6-21-41)55-34-17-35-56-59(55)63-57-37-36-53-58(60(57)64-56)49-29-9-13-32-52(49)61(53)50-30-11-7-27-47(50)48-28-8-12-31-51(48)61/h1-39H. The Balaban J connectivity index is 0.982. The number of para-hydroxylation sites is 2. The van der Waals surface area contributed by atoms with Crippen LogP contribution in [0.15, 0.2) is 237 Å². The second-order valence-electron chi connectivity index (χ2n) is 16.7. The van der Waals surface area contributed by atoms with Crippen LogP contribution in [0.25, 0.3) is 55.6 Å². The van der Waals surface area contributed by atoms with E-state index in [-0.39, 0.29) is 0 Å². The lowest BCUT2D eigenvalue weighted by Gasteiger charge is -2.33. The van der Waals surface area contributed by atoms with Crippen molar-refractivity contribution in [2.75, 3.05) is 4.90 Å². The van der Waals surface area contributed by atoms with Crippen molar-refractivity contribution in [2.24, 2.45) is 0 Å². The Bertz CT molecular complexity index is 3420. The van der Waals surface area contributed by atoms with Crippen LogP contribution in [0.3, 0.4) is 0 Å². The SMILES string of the molecule is c1ccc(-c2cccc(-c3cccc(N(c4ccccc4-c4ccccc4)c4cccc5c4Oc4ccc6c(c4O5)-c4ccccc4C64c5ccccc5-c5ccccc54)c3)c2)cc1. The molecule has 1 spiro atoms. The first-order chi connectivity index (χ1) is 31.8. The van der Waals surface area contributed by atoms with Gasteiger partial charge in [-0.2, -0.15) is 0 Å². The van der Waals surface area contributed by atoms with E-state index in [9.17, 15) is 0 Å². The molecule has 0 radical (unpaired) electrons. The van der Waals surface area contributed by atoms with Gasteiger partial charge >= 0.3 is 0 Å². The van der Waals surface area contributed by atoms with Crippen molar-refractivity contribution < 1.29 is 9.47 Å². The minimum Gasteiger partial charge on any atom is -0.449 e. The normalized spacial score (nSPS) is 13.1. The van der Waals surface area contributed by atoms with E-state index >= 15 is 0 Å². The van der Waals surface area contributed by atoms with Gasteiger partial charge in [0.25, 0.3) is 0 Å². The largest absolute Gasteiger partial charge is 0.449 e. The number of benzene rings is 10. The van der Waals surface area contributed by atoms with Crippen molar-refractivity contribution in [3.63, 3.8) is 0 Å².